The normalized spacial score (nSPS) is 14.8. The molecule has 1 heterocycles. The predicted molar refractivity (Wildman–Crippen MR) is 76.8 cm³/mol. The third kappa shape index (κ3) is 1.79. The molecule has 2 aromatic rings. The molecule has 1 fully saturated rings. The quantitative estimate of drug-likeness (QED) is 0.918. The zero-order chi connectivity index (χ0) is 13.6. The first-order chi connectivity index (χ1) is 9.15. The van der Waals surface area contributed by atoms with E-state index in [1.165, 1.54) is 0 Å². The van der Waals surface area contributed by atoms with Crippen LogP contribution in [0.2, 0.25) is 0 Å². The summed E-state index contributed by atoms with van der Waals surface area (Å²) < 4.78 is 3.77. The van der Waals surface area contributed by atoms with E-state index in [4.69, 9.17) is 5.73 Å². The second-order valence-electron chi connectivity index (χ2n) is 5.19. The number of hydrogen-bond donors (Lipinski definition) is 1. The highest BCUT2D eigenvalue weighted by Crippen LogP contribution is 2.42. The zero-order valence-corrected chi connectivity index (χ0v) is 11.4. The van der Waals surface area contributed by atoms with Gasteiger partial charge in [0, 0.05) is 12.5 Å². The van der Waals surface area contributed by atoms with E-state index >= 15 is 0 Å². The molecule has 4 nitrogen and oxygen atoms in total. The Morgan fingerprint density at radius 1 is 1.32 bits per heavy atom. The van der Waals surface area contributed by atoms with Crippen molar-refractivity contribution in [3.63, 3.8) is 0 Å². The maximum absolute atomic E-state index is 12.5. The maximum atomic E-state index is 12.5. The third-order valence-corrected chi connectivity index (χ3v) is 3.83. The predicted octanol–water partition coefficient (Wildman–Crippen LogP) is 2.43. The Hall–Kier alpha value is -1.97. The lowest BCUT2D eigenvalue weighted by molar-refractivity contribution is 0.547. The molecule has 0 bridgehead atoms. The van der Waals surface area contributed by atoms with Gasteiger partial charge in [-0.15, -0.1) is 0 Å². The Morgan fingerprint density at radius 3 is 2.58 bits per heavy atom. The Balaban J connectivity index is 2.30. The van der Waals surface area contributed by atoms with Gasteiger partial charge in [-0.2, -0.15) is 0 Å². The summed E-state index contributed by atoms with van der Waals surface area (Å²) in [6, 6.07) is 7.92. The molecule has 2 N–H and O–H groups in total. The summed E-state index contributed by atoms with van der Waals surface area (Å²) in [6.45, 7) is 4.83. The van der Waals surface area contributed by atoms with Crippen molar-refractivity contribution in [3.8, 4) is 5.69 Å². The summed E-state index contributed by atoms with van der Waals surface area (Å²) in [4.78, 5) is 12.5. The number of hydrogen-bond acceptors (Lipinski definition) is 2. The topological polar surface area (TPSA) is 52.9 Å². The summed E-state index contributed by atoms with van der Waals surface area (Å²) in [5.74, 6) is 0.470. The number of para-hydroxylation sites is 1. The number of aryl methyl sites for hydroxylation is 1. The largest absolute Gasteiger partial charge is 0.393 e. The van der Waals surface area contributed by atoms with Gasteiger partial charge in [-0.25, -0.2) is 4.68 Å². The van der Waals surface area contributed by atoms with Crippen LogP contribution in [0.1, 0.15) is 36.9 Å². The Bertz CT molecular complexity index is 677. The molecule has 100 valence electrons. The van der Waals surface area contributed by atoms with Crippen LogP contribution in [-0.4, -0.2) is 9.36 Å². The van der Waals surface area contributed by atoms with Gasteiger partial charge in [0.2, 0.25) is 0 Å². The molecule has 0 saturated heterocycles. The van der Waals surface area contributed by atoms with E-state index in [1.54, 1.807) is 4.68 Å². The van der Waals surface area contributed by atoms with Crippen LogP contribution in [0.25, 0.3) is 5.69 Å². The van der Waals surface area contributed by atoms with Crippen molar-refractivity contribution in [2.75, 3.05) is 5.73 Å². The van der Waals surface area contributed by atoms with Crippen LogP contribution in [0.5, 0.6) is 0 Å². The lowest BCUT2D eigenvalue weighted by atomic mass is 10.2. The van der Waals surface area contributed by atoms with Gasteiger partial charge in [0.1, 0.15) is 5.69 Å². The first kappa shape index (κ1) is 12.1. The summed E-state index contributed by atoms with van der Waals surface area (Å²) in [5, 5.41) is 0. The van der Waals surface area contributed by atoms with Crippen molar-refractivity contribution >= 4 is 5.69 Å². The number of benzene rings is 1. The Morgan fingerprint density at radius 2 is 2.00 bits per heavy atom. The van der Waals surface area contributed by atoms with Gasteiger partial charge in [-0.1, -0.05) is 18.2 Å². The molecule has 3 rings (SSSR count). The average molecular weight is 257 g/mol. The first-order valence-corrected chi connectivity index (χ1v) is 6.82. The highest BCUT2D eigenvalue weighted by Gasteiger charge is 2.32. The van der Waals surface area contributed by atoms with Gasteiger partial charge >= 0.3 is 0 Å². The van der Waals surface area contributed by atoms with E-state index in [2.05, 4.69) is 6.92 Å². The number of nitrogen functional groups attached to an aromatic ring is 1. The molecule has 0 amide bonds. The lowest BCUT2D eigenvalue weighted by Gasteiger charge is -2.14. The van der Waals surface area contributed by atoms with Gasteiger partial charge in [0.25, 0.3) is 5.56 Å². The number of nitrogens with two attached hydrogens (primary N) is 1. The van der Waals surface area contributed by atoms with Gasteiger partial charge in [0.05, 0.1) is 11.4 Å². The lowest BCUT2D eigenvalue weighted by Crippen LogP contribution is -2.22. The van der Waals surface area contributed by atoms with Crippen LogP contribution in [0, 0.1) is 6.92 Å². The second kappa shape index (κ2) is 4.30. The van der Waals surface area contributed by atoms with E-state index < -0.39 is 0 Å². The number of rotatable bonds is 3. The van der Waals surface area contributed by atoms with Gasteiger partial charge in [-0.3, -0.25) is 9.48 Å². The van der Waals surface area contributed by atoms with E-state index in [9.17, 15) is 4.79 Å². The molecule has 0 aliphatic heterocycles. The van der Waals surface area contributed by atoms with E-state index in [1.807, 2.05) is 35.9 Å². The van der Waals surface area contributed by atoms with Crippen LogP contribution in [0.15, 0.2) is 29.1 Å². The maximum Gasteiger partial charge on any atom is 0.294 e. The van der Waals surface area contributed by atoms with E-state index in [0.717, 1.165) is 36.3 Å². The van der Waals surface area contributed by atoms with E-state index in [-0.39, 0.29) is 5.56 Å². The summed E-state index contributed by atoms with van der Waals surface area (Å²) >= 11 is 0. The fraction of sp³-hybridized carbons (Fsp3) is 0.400. The van der Waals surface area contributed by atoms with Gasteiger partial charge in [-0.05, 0) is 38.3 Å². The minimum Gasteiger partial charge on any atom is -0.393 e. The smallest absolute Gasteiger partial charge is 0.294 e. The van der Waals surface area contributed by atoms with Gasteiger partial charge < -0.3 is 5.73 Å². The highest BCUT2D eigenvalue weighted by atomic mass is 16.1. The highest BCUT2D eigenvalue weighted by molar-refractivity contribution is 5.50. The fourth-order valence-corrected chi connectivity index (χ4v) is 2.72. The number of anilines is 1. The summed E-state index contributed by atoms with van der Waals surface area (Å²) in [5.41, 5.74) is 9.42. The number of aromatic nitrogens is 2. The van der Waals surface area contributed by atoms with Crippen molar-refractivity contribution in [2.45, 2.75) is 39.2 Å². The summed E-state index contributed by atoms with van der Waals surface area (Å²) in [6.07, 6.45) is 2.28. The van der Waals surface area contributed by atoms with E-state index in [0.29, 0.717) is 11.6 Å². The molecule has 0 radical (unpaired) electrons. The monoisotopic (exact) mass is 257 g/mol. The zero-order valence-electron chi connectivity index (χ0n) is 11.4. The van der Waals surface area contributed by atoms with Crippen LogP contribution in [-0.2, 0) is 6.54 Å². The molecular formula is C15H19N3O. The fourth-order valence-electron chi connectivity index (χ4n) is 2.72. The molecule has 4 heteroatoms. The Labute approximate surface area is 112 Å². The molecular weight excluding hydrogens is 238 g/mol. The minimum absolute atomic E-state index is 0.0851. The van der Waals surface area contributed by atoms with Crippen LogP contribution in [0.4, 0.5) is 5.69 Å². The van der Waals surface area contributed by atoms with Crippen molar-refractivity contribution in [2.24, 2.45) is 0 Å². The van der Waals surface area contributed by atoms with Crippen molar-refractivity contribution in [3.05, 3.63) is 45.9 Å². The standard InChI is InChI=1S/C15H19N3O/c1-3-17-14(11-8-9-11)13(16)15(19)18(17)12-7-5-4-6-10(12)2/h4-7,11H,3,8-9,16H2,1-2H3. The first-order valence-electron chi connectivity index (χ1n) is 6.82. The van der Waals surface area contributed by atoms with Crippen molar-refractivity contribution < 1.29 is 0 Å². The molecule has 1 saturated carbocycles. The molecule has 1 aliphatic carbocycles. The SMILES string of the molecule is CCn1c(C2CC2)c(N)c(=O)n1-c1ccccc1C. The van der Waals surface area contributed by atoms with Crippen LogP contribution >= 0.6 is 0 Å². The molecule has 1 aliphatic rings. The van der Waals surface area contributed by atoms with Crippen LogP contribution < -0.4 is 11.3 Å². The average Bonchev–Trinajstić information content (AvgIpc) is 3.20. The molecule has 0 spiro atoms. The Kier molecular flexibility index (Phi) is 2.73. The van der Waals surface area contributed by atoms with Crippen molar-refractivity contribution in [1.82, 2.24) is 9.36 Å². The molecule has 1 aromatic heterocycles. The molecule has 19 heavy (non-hydrogen) atoms. The molecule has 0 unspecified atom stereocenters. The minimum atomic E-state index is -0.0851. The third-order valence-electron chi connectivity index (χ3n) is 3.83. The summed E-state index contributed by atoms with van der Waals surface area (Å²) in [7, 11) is 0. The molecule has 1 aromatic carbocycles. The van der Waals surface area contributed by atoms with Crippen molar-refractivity contribution in [1.29, 1.82) is 0 Å². The second-order valence-corrected chi connectivity index (χ2v) is 5.19. The molecule has 0 atom stereocenters. The van der Waals surface area contributed by atoms with Crippen LogP contribution in [0.3, 0.4) is 0 Å². The number of nitrogens with zero attached hydrogens (tertiary/aromatic N) is 2. The van der Waals surface area contributed by atoms with Gasteiger partial charge in [0.15, 0.2) is 0 Å².